The Bertz CT molecular complexity index is 371. The van der Waals surface area contributed by atoms with E-state index >= 15 is 0 Å². The Morgan fingerprint density at radius 3 is 2.47 bits per heavy atom. The fraction of sp³-hybridized carbons (Fsp3) is 0.429. The van der Waals surface area contributed by atoms with E-state index in [0.29, 0.717) is 0 Å². The summed E-state index contributed by atoms with van der Waals surface area (Å²) in [5.41, 5.74) is 5.45. The Morgan fingerprint density at radius 1 is 1.27 bits per heavy atom. The van der Waals surface area contributed by atoms with Gasteiger partial charge in [-0.1, -0.05) is 36.6 Å². The van der Waals surface area contributed by atoms with Gasteiger partial charge in [0.1, 0.15) is 0 Å². The van der Waals surface area contributed by atoms with Gasteiger partial charge < -0.3 is 0 Å². The van der Waals surface area contributed by atoms with Crippen LogP contribution in [0.4, 0.5) is 0 Å². The summed E-state index contributed by atoms with van der Waals surface area (Å²) in [5, 5.41) is 0.824. The quantitative estimate of drug-likeness (QED) is 0.656. The number of halogens is 1. The molecular formula is C14H19Cl. The summed E-state index contributed by atoms with van der Waals surface area (Å²) in [4.78, 5) is 0. The van der Waals surface area contributed by atoms with Gasteiger partial charge in [0.15, 0.2) is 0 Å². The van der Waals surface area contributed by atoms with Gasteiger partial charge in [-0.15, -0.1) is 0 Å². The third-order valence-corrected chi connectivity index (χ3v) is 2.86. The molecule has 0 bridgehead atoms. The van der Waals surface area contributed by atoms with E-state index in [9.17, 15) is 0 Å². The zero-order valence-electron chi connectivity index (χ0n) is 10.0. The zero-order chi connectivity index (χ0) is 11.4. The van der Waals surface area contributed by atoms with Crippen LogP contribution in [0, 0.1) is 6.92 Å². The molecule has 0 unspecified atom stereocenters. The molecule has 0 amide bonds. The van der Waals surface area contributed by atoms with Crippen LogP contribution in [0.15, 0.2) is 23.8 Å². The van der Waals surface area contributed by atoms with Gasteiger partial charge in [0.05, 0.1) is 0 Å². The smallest absolute Gasteiger partial charge is 0.0412 e. The Morgan fingerprint density at radius 2 is 1.93 bits per heavy atom. The van der Waals surface area contributed by atoms with Crippen LogP contribution in [-0.2, 0) is 0 Å². The van der Waals surface area contributed by atoms with E-state index in [1.165, 1.54) is 28.7 Å². The molecule has 0 aromatic heterocycles. The molecule has 0 heterocycles. The average molecular weight is 223 g/mol. The van der Waals surface area contributed by atoms with Crippen molar-refractivity contribution in [2.75, 3.05) is 0 Å². The highest BCUT2D eigenvalue weighted by atomic mass is 35.5. The van der Waals surface area contributed by atoms with Crippen LogP contribution in [0.25, 0.3) is 5.57 Å². The maximum Gasteiger partial charge on any atom is 0.0412 e. The SMILES string of the molecule is CCCC(=C(C)C)c1cc(Cl)ccc1C. The second-order valence-electron chi connectivity index (χ2n) is 4.19. The highest BCUT2D eigenvalue weighted by Gasteiger charge is 2.06. The van der Waals surface area contributed by atoms with Gasteiger partial charge in [0.25, 0.3) is 0 Å². The molecule has 0 aliphatic heterocycles. The first-order valence-corrected chi connectivity index (χ1v) is 5.87. The molecule has 0 spiro atoms. The standard InChI is InChI=1S/C14H19Cl/c1-5-6-13(10(2)3)14-9-12(15)8-7-11(14)4/h7-9H,5-6H2,1-4H3. The summed E-state index contributed by atoms with van der Waals surface area (Å²) in [7, 11) is 0. The third kappa shape index (κ3) is 3.10. The molecule has 0 N–H and O–H groups in total. The van der Waals surface area contributed by atoms with Crippen molar-refractivity contribution < 1.29 is 0 Å². The monoisotopic (exact) mass is 222 g/mol. The molecule has 0 fully saturated rings. The summed E-state index contributed by atoms with van der Waals surface area (Å²) in [6.45, 7) is 8.70. The molecule has 1 aromatic carbocycles. The summed E-state index contributed by atoms with van der Waals surface area (Å²) in [5.74, 6) is 0. The fourth-order valence-corrected chi connectivity index (χ4v) is 2.00. The molecule has 82 valence electrons. The van der Waals surface area contributed by atoms with Gasteiger partial charge in [0.2, 0.25) is 0 Å². The minimum Gasteiger partial charge on any atom is -0.0843 e. The molecule has 1 rings (SSSR count). The number of benzene rings is 1. The number of allylic oxidation sites excluding steroid dienone is 2. The highest BCUT2D eigenvalue weighted by molar-refractivity contribution is 6.30. The molecule has 0 saturated carbocycles. The maximum absolute atomic E-state index is 6.04. The average Bonchev–Trinajstić information content (AvgIpc) is 2.18. The van der Waals surface area contributed by atoms with Crippen molar-refractivity contribution in [3.05, 3.63) is 39.9 Å². The summed E-state index contributed by atoms with van der Waals surface area (Å²) < 4.78 is 0. The Labute approximate surface area is 98.0 Å². The third-order valence-electron chi connectivity index (χ3n) is 2.63. The van der Waals surface area contributed by atoms with E-state index < -0.39 is 0 Å². The molecule has 15 heavy (non-hydrogen) atoms. The lowest BCUT2D eigenvalue weighted by molar-refractivity contribution is 0.963. The first-order valence-electron chi connectivity index (χ1n) is 5.49. The summed E-state index contributed by atoms with van der Waals surface area (Å²) in [6.07, 6.45) is 2.30. The largest absolute Gasteiger partial charge is 0.0843 e. The number of rotatable bonds is 3. The number of hydrogen-bond donors (Lipinski definition) is 0. The minimum absolute atomic E-state index is 0.824. The van der Waals surface area contributed by atoms with Crippen molar-refractivity contribution in [1.82, 2.24) is 0 Å². The first kappa shape index (κ1) is 12.3. The van der Waals surface area contributed by atoms with Gasteiger partial charge in [-0.05, 0) is 56.0 Å². The van der Waals surface area contributed by atoms with Crippen LogP contribution in [0.2, 0.25) is 5.02 Å². The van der Waals surface area contributed by atoms with Crippen molar-refractivity contribution in [2.45, 2.75) is 40.5 Å². The molecule has 0 atom stereocenters. The van der Waals surface area contributed by atoms with Crippen LogP contribution in [0.1, 0.15) is 44.7 Å². The van der Waals surface area contributed by atoms with Crippen molar-refractivity contribution in [3.8, 4) is 0 Å². The van der Waals surface area contributed by atoms with Gasteiger partial charge in [-0.3, -0.25) is 0 Å². The van der Waals surface area contributed by atoms with Crippen LogP contribution in [-0.4, -0.2) is 0 Å². The Kier molecular flexibility index (Phi) is 4.41. The minimum atomic E-state index is 0.824. The van der Waals surface area contributed by atoms with Gasteiger partial charge in [-0.2, -0.15) is 0 Å². The van der Waals surface area contributed by atoms with Crippen LogP contribution < -0.4 is 0 Å². The Hall–Kier alpha value is -0.750. The molecular weight excluding hydrogens is 204 g/mol. The predicted octanol–water partition coefficient (Wildman–Crippen LogP) is 5.24. The first-order chi connectivity index (χ1) is 7.06. The Balaban J connectivity index is 3.23. The van der Waals surface area contributed by atoms with Crippen molar-refractivity contribution >= 4 is 17.2 Å². The summed E-state index contributed by atoms with van der Waals surface area (Å²) in [6, 6.07) is 6.13. The molecule has 1 aromatic rings. The zero-order valence-corrected chi connectivity index (χ0v) is 10.8. The van der Waals surface area contributed by atoms with E-state index in [1.54, 1.807) is 0 Å². The van der Waals surface area contributed by atoms with Gasteiger partial charge >= 0.3 is 0 Å². The van der Waals surface area contributed by atoms with Crippen LogP contribution >= 0.6 is 11.6 Å². The number of aryl methyl sites for hydroxylation is 1. The van der Waals surface area contributed by atoms with E-state index in [0.717, 1.165) is 11.4 Å². The van der Waals surface area contributed by atoms with E-state index in [1.807, 2.05) is 6.07 Å². The van der Waals surface area contributed by atoms with Crippen molar-refractivity contribution in [3.63, 3.8) is 0 Å². The number of hydrogen-bond acceptors (Lipinski definition) is 0. The topological polar surface area (TPSA) is 0 Å². The molecule has 0 radical (unpaired) electrons. The van der Waals surface area contributed by atoms with Crippen molar-refractivity contribution in [2.24, 2.45) is 0 Å². The van der Waals surface area contributed by atoms with Crippen LogP contribution in [0.3, 0.4) is 0 Å². The van der Waals surface area contributed by atoms with E-state index in [-0.39, 0.29) is 0 Å². The molecule has 0 nitrogen and oxygen atoms in total. The van der Waals surface area contributed by atoms with E-state index in [2.05, 4.69) is 39.8 Å². The fourth-order valence-electron chi connectivity index (χ4n) is 1.82. The lowest BCUT2D eigenvalue weighted by atomic mass is 9.94. The lowest BCUT2D eigenvalue weighted by Gasteiger charge is -2.12. The molecule has 0 aliphatic carbocycles. The lowest BCUT2D eigenvalue weighted by Crippen LogP contribution is -1.91. The molecule has 1 heteroatoms. The van der Waals surface area contributed by atoms with Gasteiger partial charge in [0, 0.05) is 5.02 Å². The molecule has 0 saturated heterocycles. The van der Waals surface area contributed by atoms with Crippen molar-refractivity contribution in [1.29, 1.82) is 0 Å². The predicted molar refractivity (Wildman–Crippen MR) is 69.4 cm³/mol. The van der Waals surface area contributed by atoms with Crippen LogP contribution in [0.5, 0.6) is 0 Å². The second kappa shape index (κ2) is 5.37. The highest BCUT2D eigenvalue weighted by Crippen LogP contribution is 2.28. The molecule has 0 aliphatic rings. The van der Waals surface area contributed by atoms with Gasteiger partial charge in [-0.25, -0.2) is 0 Å². The van der Waals surface area contributed by atoms with E-state index in [4.69, 9.17) is 11.6 Å². The second-order valence-corrected chi connectivity index (χ2v) is 4.62. The maximum atomic E-state index is 6.04. The summed E-state index contributed by atoms with van der Waals surface area (Å²) >= 11 is 6.04. The normalized spacial score (nSPS) is 10.2.